The monoisotopic (exact) mass is 247 g/mol. The minimum atomic E-state index is -0.0169. The number of hydrogen-bond donors (Lipinski definition) is 1. The lowest BCUT2D eigenvalue weighted by molar-refractivity contribution is 0.227. The van der Waals surface area contributed by atoms with Crippen molar-refractivity contribution in [2.45, 2.75) is 13.0 Å². The van der Waals surface area contributed by atoms with E-state index in [1.165, 1.54) is 0 Å². The van der Waals surface area contributed by atoms with Crippen molar-refractivity contribution in [1.82, 2.24) is 0 Å². The van der Waals surface area contributed by atoms with Crippen molar-refractivity contribution in [3.63, 3.8) is 0 Å². The number of ether oxygens (including phenoxy) is 1. The van der Waals surface area contributed by atoms with Crippen LogP contribution in [0.2, 0.25) is 5.02 Å². The maximum absolute atomic E-state index is 5.81. The molecule has 0 aliphatic carbocycles. The highest BCUT2D eigenvalue weighted by Gasteiger charge is 2.06. The van der Waals surface area contributed by atoms with Crippen molar-refractivity contribution >= 4 is 17.3 Å². The van der Waals surface area contributed by atoms with E-state index in [-0.39, 0.29) is 6.10 Å². The van der Waals surface area contributed by atoms with Crippen molar-refractivity contribution in [2.75, 3.05) is 5.73 Å². The zero-order valence-corrected chi connectivity index (χ0v) is 10.3. The van der Waals surface area contributed by atoms with Crippen molar-refractivity contribution in [3.8, 4) is 5.75 Å². The van der Waals surface area contributed by atoms with Crippen LogP contribution < -0.4 is 10.5 Å². The smallest absolute Gasteiger partial charge is 0.121 e. The summed E-state index contributed by atoms with van der Waals surface area (Å²) in [6, 6.07) is 15.0. The molecule has 0 radical (unpaired) electrons. The molecule has 0 bridgehead atoms. The van der Waals surface area contributed by atoms with Gasteiger partial charge in [0.25, 0.3) is 0 Å². The van der Waals surface area contributed by atoms with Gasteiger partial charge >= 0.3 is 0 Å². The van der Waals surface area contributed by atoms with Crippen LogP contribution in [0.5, 0.6) is 5.75 Å². The molecule has 2 rings (SSSR count). The van der Waals surface area contributed by atoms with Gasteiger partial charge in [-0.25, -0.2) is 0 Å². The number of nitrogen functional groups attached to an aromatic ring is 1. The van der Waals surface area contributed by atoms with Gasteiger partial charge in [0, 0.05) is 10.7 Å². The van der Waals surface area contributed by atoms with Crippen LogP contribution in [0.4, 0.5) is 5.69 Å². The van der Waals surface area contributed by atoms with E-state index < -0.39 is 0 Å². The first-order valence-corrected chi connectivity index (χ1v) is 5.80. The number of benzene rings is 2. The Balaban J connectivity index is 2.08. The Labute approximate surface area is 106 Å². The SMILES string of the molecule is CC(Oc1ccc(Cl)cc1)c1ccc(N)cc1. The van der Waals surface area contributed by atoms with Gasteiger partial charge in [0.1, 0.15) is 11.9 Å². The molecule has 88 valence electrons. The minimum absolute atomic E-state index is 0.0169. The Morgan fingerprint density at radius 1 is 1.00 bits per heavy atom. The predicted molar refractivity (Wildman–Crippen MR) is 71.3 cm³/mol. The lowest BCUT2D eigenvalue weighted by Gasteiger charge is -2.15. The van der Waals surface area contributed by atoms with Crippen LogP contribution in [-0.2, 0) is 0 Å². The Kier molecular flexibility index (Phi) is 3.55. The minimum Gasteiger partial charge on any atom is -0.486 e. The molecule has 1 atom stereocenters. The zero-order chi connectivity index (χ0) is 12.3. The second kappa shape index (κ2) is 5.11. The molecule has 0 saturated heterocycles. The molecule has 2 aromatic rings. The lowest BCUT2D eigenvalue weighted by Crippen LogP contribution is -2.03. The maximum Gasteiger partial charge on any atom is 0.121 e. The molecule has 0 aliphatic heterocycles. The molecule has 0 saturated carbocycles. The molecular formula is C14H14ClNO. The Morgan fingerprint density at radius 2 is 1.59 bits per heavy atom. The molecule has 17 heavy (non-hydrogen) atoms. The van der Waals surface area contributed by atoms with Crippen LogP contribution in [0.1, 0.15) is 18.6 Å². The summed E-state index contributed by atoms with van der Waals surface area (Å²) in [5.41, 5.74) is 7.49. The molecule has 0 aromatic heterocycles. The van der Waals surface area contributed by atoms with Crippen LogP contribution in [0.3, 0.4) is 0 Å². The van der Waals surface area contributed by atoms with E-state index in [0.717, 1.165) is 17.0 Å². The number of halogens is 1. The fourth-order valence-corrected chi connectivity index (χ4v) is 1.68. The first-order valence-electron chi connectivity index (χ1n) is 5.43. The van der Waals surface area contributed by atoms with Gasteiger partial charge in [-0.1, -0.05) is 23.7 Å². The molecule has 0 amide bonds. The highest BCUT2D eigenvalue weighted by Crippen LogP contribution is 2.23. The van der Waals surface area contributed by atoms with Crippen molar-refractivity contribution in [1.29, 1.82) is 0 Å². The van der Waals surface area contributed by atoms with E-state index >= 15 is 0 Å². The van der Waals surface area contributed by atoms with Gasteiger partial charge in [-0.2, -0.15) is 0 Å². The lowest BCUT2D eigenvalue weighted by atomic mass is 10.1. The van der Waals surface area contributed by atoms with E-state index in [1.54, 1.807) is 0 Å². The number of nitrogens with two attached hydrogens (primary N) is 1. The molecule has 1 unspecified atom stereocenters. The van der Waals surface area contributed by atoms with E-state index in [2.05, 4.69) is 0 Å². The normalized spacial score (nSPS) is 12.1. The summed E-state index contributed by atoms with van der Waals surface area (Å²) < 4.78 is 5.80. The fraction of sp³-hybridized carbons (Fsp3) is 0.143. The number of rotatable bonds is 3. The van der Waals surface area contributed by atoms with Crippen molar-refractivity contribution < 1.29 is 4.74 Å². The van der Waals surface area contributed by atoms with Gasteiger partial charge in [0.15, 0.2) is 0 Å². The molecule has 0 spiro atoms. The molecule has 2 N–H and O–H groups in total. The second-order valence-electron chi connectivity index (χ2n) is 3.88. The molecule has 2 aromatic carbocycles. The predicted octanol–water partition coefficient (Wildman–Crippen LogP) is 4.06. The molecular weight excluding hydrogens is 234 g/mol. The van der Waals surface area contributed by atoms with Gasteiger partial charge < -0.3 is 10.5 Å². The van der Waals surface area contributed by atoms with E-state index in [4.69, 9.17) is 22.1 Å². The largest absolute Gasteiger partial charge is 0.486 e. The molecule has 0 heterocycles. The Morgan fingerprint density at radius 3 is 2.18 bits per heavy atom. The van der Waals surface area contributed by atoms with Crippen LogP contribution in [0, 0.1) is 0 Å². The third kappa shape index (κ3) is 3.14. The van der Waals surface area contributed by atoms with Crippen molar-refractivity contribution in [3.05, 3.63) is 59.1 Å². The first kappa shape index (κ1) is 11.8. The van der Waals surface area contributed by atoms with Crippen LogP contribution in [-0.4, -0.2) is 0 Å². The van der Waals surface area contributed by atoms with E-state index in [0.29, 0.717) is 5.02 Å². The van der Waals surface area contributed by atoms with E-state index in [9.17, 15) is 0 Å². The summed E-state index contributed by atoms with van der Waals surface area (Å²) in [6.45, 7) is 2.00. The number of anilines is 1. The molecule has 0 aliphatic rings. The summed E-state index contributed by atoms with van der Waals surface area (Å²) in [5.74, 6) is 0.804. The summed E-state index contributed by atoms with van der Waals surface area (Å²) in [6.07, 6.45) is -0.0169. The second-order valence-corrected chi connectivity index (χ2v) is 4.32. The molecule has 3 heteroatoms. The quantitative estimate of drug-likeness (QED) is 0.830. The van der Waals surface area contributed by atoms with E-state index in [1.807, 2.05) is 55.5 Å². The molecule has 2 nitrogen and oxygen atoms in total. The number of hydrogen-bond acceptors (Lipinski definition) is 2. The van der Waals surface area contributed by atoms with Gasteiger partial charge in [-0.05, 0) is 48.9 Å². The highest BCUT2D eigenvalue weighted by molar-refractivity contribution is 6.30. The summed E-state index contributed by atoms with van der Waals surface area (Å²) >= 11 is 5.81. The summed E-state index contributed by atoms with van der Waals surface area (Å²) in [5, 5.41) is 0.706. The average molecular weight is 248 g/mol. The maximum atomic E-state index is 5.81. The zero-order valence-electron chi connectivity index (χ0n) is 9.56. The van der Waals surface area contributed by atoms with Crippen LogP contribution in [0.15, 0.2) is 48.5 Å². The third-order valence-electron chi connectivity index (χ3n) is 2.53. The first-order chi connectivity index (χ1) is 8.15. The van der Waals surface area contributed by atoms with Crippen LogP contribution in [0.25, 0.3) is 0 Å². The van der Waals surface area contributed by atoms with Gasteiger partial charge in [0.05, 0.1) is 0 Å². The fourth-order valence-electron chi connectivity index (χ4n) is 1.55. The topological polar surface area (TPSA) is 35.2 Å². The van der Waals surface area contributed by atoms with Crippen LogP contribution >= 0.6 is 11.6 Å². The van der Waals surface area contributed by atoms with Gasteiger partial charge in [0.2, 0.25) is 0 Å². The summed E-state index contributed by atoms with van der Waals surface area (Å²) in [7, 11) is 0. The average Bonchev–Trinajstić information content (AvgIpc) is 2.33. The van der Waals surface area contributed by atoms with Gasteiger partial charge in [-0.15, -0.1) is 0 Å². The van der Waals surface area contributed by atoms with Gasteiger partial charge in [-0.3, -0.25) is 0 Å². The van der Waals surface area contributed by atoms with Crippen molar-refractivity contribution in [2.24, 2.45) is 0 Å². The summed E-state index contributed by atoms with van der Waals surface area (Å²) in [4.78, 5) is 0. The third-order valence-corrected chi connectivity index (χ3v) is 2.78. The Hall–Kier alpha value is -1.67. The molecule has 0 fully saturated rings. The highest BCUT2D eigenvalue weighted by atomic mass is 35.5. The Bertz CT molecular complexity index is 479. The standard InChI is InChI=1S/C14H14ClNO/c1-10(11-2-6-13(16)7-3-11)17-14-8-4-12(15)5-9-14/h2-10H,16H2,1H3.